The van der Waals surface area contributed by atoms with Crippen molar-refractivity contribution in [3.63, 3.8) is 0 Å². The molecule has 1 aromatic rings. The number of carbonyl (C=O) groups is 2. The van der Waals surface area contributed by atoms with Gasteiger partial charge in [0.15, 0.2) is 5.78 Å². The molecule has 0 heterocycles. The summed E-state index contributed by atoms with van der Waals surface area (Å²) in [5.74, 6) is -0.333. The Bertz CT molecular complexity index is 379. The molecular weight excluding hydrogens is 221 g/mol. The number of aldehydes is 1. The van der Waals surface area contributed by atoms with E-state index in [1.54, 1.807) is 0 Å². The average molecular weight is 230 g/mol. The summed E-state index contributed by atoms with van der Waals surface area (Å²) in [4.78, 5) is 21.3. The lowest BCUT2D eigenvalue weighted by Crippen LogP contribution is -2.06. The highest BCUT2D eigenvalue weighted by Gasteiger charge is 2.30. The molecule has 0 saturated heterocycles. The van der Waals surface area contributed by atoms with Gasteiger partial charge in [0, 0.05) is 18.4 Å². The van der Waals surface area contributed by atoms with E-state index >= 15 is 0 Å². The number of rotatable bonds is 4. The Morgan fingerprint density at radius 3 is 2.19 bits per heavy atom. The van der Waals surface area contributed by atoms with Crippen molar-refractivity contribution in [3.05, 3.63) is 35.4 Å². The molecule has 0 spiro atoms. The van der Waals surface area contributed by atoms with Crippen LogP contribution in [0.15, 0.2) is 24.3 Å². The standard InChI is InChI=1S/C11H9F3O2/c12-11(13,14)9-5-3-8(4-6-9)10(16)2-1-7-15/h3-7H,1-2H2. The summed E-state index contributed by atoms with van der Waals surface area (Å²) in [7, 11) is 0. The number of Topliss-reactive ketones (excluding diaryl/α,β-unsaturated/α-hetero) is 1. The van der Waals surface area contributed by atoms with Crippen LogP contribution in [0.3, 0.4) is 0 Å². The van der Waals surface area contributed by atoms with Crippen LogP contribution in [0.25, 0.3) is 0 Å². The molecule has 0 unspecified atom stereocenters. The molecule has 86 valence electrons. The summed E-state index contributed by atoms with van der Waals surface area (Å²) in [5, 5.41) is 0. The van der Waals surface area contributed by atoms with Crippen LogP contribution in [-0.4, -0.2) is 12.1 Å². The van der Waals surface area contributed by atoms with Gasteiger partial charge in [-0.3, -0.25) is 4.79 Å². The molecule has 1 aromatic carbocycles. The molecule has 0 radical (unpaired) electrons. The van der Waals surface area contributed by atoms with Gasteiger partial charge in [-0.2, -0.15) is 13.2 Å². The number of ketones is 1. The van der Waals surface area contributed by atoms with Crippen LogP contribution in [0.1, 0.15) is 28.8 Å². The normalized spacial score (nSPS) is 11.2. The lowest BCUT2D eigenvalue weighted by Gasteiger charge is -2.06. The zero-order valence-corrected chi connectivity index (χ0v) is 8.25. The van der Waals surface area contributed by atoms with Crippen LogP contribution in [0.4, 0.5) is 13.2 Å². The zero-order valence-electron chi connectivity index (χ0n) is 8.25. The molecule has 0 aliphatic rings. The van der Waals surface area contributed by atoms with Gasteiger partial charge in [0.25, 0.3) is 0 Å². The van der Waals surface area contributed by atoms with Gasteiger partial charge in [0.2, 0.25) is 0 Å². The second-order valence-corrected chi connectivity index (χ2v) is 3.20. The second kappa shape index (κ2) is 4.92. The fourth-order valence-electron chi connectivity index (χ4n) is 1.18. The fraction of sp³-hybridized carbons (Fsp3) is 0.273. The summed E-state index contributed by atoms with van der Waals surface area (Å²) in [6.07, 6.45) is -3.69. The van der Waals surface area contributed by atoms with Gasteiger partial charge >= 0.3 is 6.18 Å². The second-order valence-electron chi connectivity index (χ2n) is 3.20. The van der Waals surface area contributed by atoms with E-state index < -0.39 is 11.7 Å². The lowest BCUT2D eigenvalue weighted by molar-refractivity contribution is -0.137. The Morgan fingerprint density at radius 1 is 1.19 bits per heavy atom. The molecule has 16 heavy (non-hydrogen) atoms. The SMILES string of the molecule is O=CCCC(=O)c1ccc(C(F)(F)F)cc1. The number of hydrogen-bond donors (Lipinski definition) is 0. The van der Waals surface area contributed by atoms with Crippen LogP contribution in [-0.2, 0) is 11.0 Å². The van der Waals surface area contributed by atoms with Crippen molar-refractivity contribution in [1.82, 2.24) is 0 Å². The first-order valence-corrected chi connectivity index (χ1v) is 4.59. The Morgan fingerprint density at radius 2 is 1.75 bits per heavy atom. The van der Waals surface area contributed by atoms with Crippen LogP contribution >= 0.6 is 0 Å². The molecule has 0 aliphatic carbocycles. The molecule has 0 saturated carbocycles. The molecule has 0 N–H and O–H groups in total. The average Bonchev–Trinajstić information content (AvgIpc) is 2.25. The van der Waals surface area contributed by atoms with Crippen molar-refractivity contribution in [3.8, 4) is 0 Å². The van der Waals surface area contributed by atoms with E-state index in [0.717, 1.165) is 24.3 Å². The third-order valence-electron chi connectivity index (χ3n) is 2.02. The largest absolute Gasteiger partial charge is 0.416 e. The third-order valence-corrected chi connectivity index (χ3v) is 2.02. The monoisotopic (exact) mass is 230 g/mol. The summed E-state index contributed by atoms with van der Waals surface area (Å²) in [6, 6.07) is 3.95. The van der Waals surface area contributed by atoms with E-state index in [0.29, 0.717) is 6.29 Å². The molecule has 1 rings (SSSR count). The van der Waals surface area contributed by atoms with E-state index in [4.69, 9.17) is 0 Å². The van der Waals surface area contributed by atoms with Crippen molar-refractivity contribution in [2.75, 3.05) is 0 Å². The van der Waals surface area contributed by atoms with Crippen molar-refractivity contribution in [2.45, 2.75) is 19.0 Å². The highest BCUT2D eigenvalue weighted by molar-refractivity contribution is 5.96. The molecule has 0 amide bonds. The molecule has 0 atom stereocenters. The van der Waals surface area contributed by atoms with Crippen LogP contribution in [0.5, 0.6) is 0 Å². The van der Waals surface area contributed by atoms with Gasteiger partial charge in [-0.05, 0) is 12.1 Å². The Labute approximate surface area is 90.1 Å². The van der Waals surface area contributed by atoms with Crippen LogP contribution in [0, 0.1) is 0 Å². The molecule has 0 fully saturated rings. The van der Waals surface area contributed by atoms with E-state index in [2.05, 4.69) is 0 Å². The Hall–Kier alpha value is -1.65. The first kappa shape index (κ1) is 12.4. The van der Waals surface area contributed by atoms with E-state index in [-0.39, 0.29) is 24.2 Å². The predicted octanol–water partition coefficient (Wildman–Crippen LogP) is 2.87. The predicted molar refractivity (Wildman–Crippen MR) is 51.1 cm³/mol. The fourth-order valence-corrected chi connectivity index (χ4v) is 1.18. The van der Waals surface area contributed by atoms with Gasteiger partial charge in [0.05, 0.1) is 5.56 Å². The van der Waals surface area contributed by atoms with Crippen molar-refractivity contribution >= 4 is 12.1 Å². The van der Waals surface area contributed by atoms with Gasteiger partial charge < -0.3 is 4.79 Å². The Balaban J connectivity index is 2.79. The maximum Gasteiger partial charge on any atom is 0.416 e. The first-order valence-electron chi connectivity index (χ1n) is 4.59. The van der Waals surface area contributed by atoms with Crippen molar-refractivity contribution in [2.24, 2.45) is 0 Å². The molecule has 0 aromatic heterocycles. The molecule has 0 bridgehead atoms. The quantitative estimate of drug-likeness (QED) is 0.588. The van der Waals surface area contributed by atoms with E-state index in [9.17, 15) is 22.8 Å². The topological polar surface area (TPSA) is 34.1 Å². The van der Waals surface area contributed by atoms with Crippen molar-refractivity contribution < 1.29 is 22.8 Å². The number of carbonyl (C=O) groups excluding carboxylic acids is 2. The zero-order chi connectivity index (χ0) is 12.2. The number of alkyl halides is 3. The maximum absolute atomic E-state index is 12.2. The number of benzene rings is 1. The van der Waals surface area contributed by atoms with Gasteiger partial charge in [-0.15, -0.1) is 0 Å². The van der Waals surface area contributed by atoms with E-state index in [1.165, 1.54) is 0 Å². The van der Waals surface area contributed by atoms with Crippen LogP contribution < -0.4 is 0 Å². The van der Waals surface area contributed by atoms with Gasteiger partial charge in [-0.25, -0.2) is 0 Å². The highest BCUT2D eigenvalue weighted by atomic mass is 19.4. The minimum Gasteiger partial charge on any atom is -0.303 e. The molecular formula is C11H9F3O2. The third kappa shape index (κ3) is 3.18. The lowest BCUT2D eigenvalue weighted by atomic mass is 10.0. The summed E-state index contributed by atoms with van der Waals surface area (Å²) in [6.45, 7) is 0. The maximum atomic E-state index is 12.2. The minimum absolute atomic E-state index is 0.0227. The number of hydrogen-bond acceptors (Lipinski definition) is 2. The van der Waals surface area contributed by atoms with Crippen LogP contribution in [0.2, 0.25) is 0 Å². The molecule has 2 nitrogen and oxygen atoms in total. The summed E-state index contributed by atoms with van der Waals surface area (Å²) in [5.41, 5.74) is -0.603. The Kier molecular flexibility index (Phi) is 3.82. The summed E-state index contributed by atoms with van der Waals surface area (Å²) < 4.78 is 36.6. The van der Waals surface area contributed by atoms with Gasteiger partial charge in [0.1, 0.15) is 6.29 Å². The van der Waals surface area contributed by atoms with E-state index in [1.807, 2.05) is 0 Å². The molecule has 5 heteroatoms. The molecule has 0 aliphatic heterocycles. The minimum atomic E-state index is -4.40. The summed E-state index contributed by atoms with van der Waals surface area (Å²) >= 11 is 0. The van der Waals surface area contributed by atoms with Gasteiger partial charge in [-0.1, -0.05) is 12.1 Å². The van der Waals surface area contributed by atoms with Crippen molar-refractivity contribution in [1.29, 1.82) is 0 Å². The first-order chi connectivity index (χ1) is 7.45. The highest BCUT2D eigenvalue weighted by Crippen LogP contribution is 2.29. The smallest absolute Gasteiger partial charge is 0.303 e. The number of halogens is 3.